The van der Waals surface area contributed by atoms with Crippen LogP contribution >= 0.6 is 0 Å². The molecule has 0 spiro atoms. The molecule has 2 saturated heterocycles. The number of aliphatic hydroxyl groups excluding tert-OH is 1. The summed E-state index contributed by atoms with van der Waals surface area (Å²) in [5.41, 5.74) is 0.719. The third-order valence-corrected chi connectivity index (χ3v) is 7.22. The quantitative estimate of drug-likeness (QED) is 0.600. The summed E-state index contributed by atoms with van der Waals surface area (Å²) in [6, 6.07) is 10.5. The van der Waals surface area contributed by atoms with Crippen molar-refractivity contribution in [2.45, 2.75) is 24.7 Å². The fraction of sp³-hybridized carbons (Fsp3) is 0.435. The van der Waals surface area contributed by atoms with Gasteiger partial charge in [-0.15, -0.1) is 0 Å². The van der Waals surface area contributed by atoms with Crippen molar-refractivity contribution in [1.29, 1.82) is 0 Å². The van der Waals surface area contributed by atoms with Gasteiger partial charge >= 0.3 is 6.09 Å². The molecule has 1 saturated carbocycles. The third-order valence-electron chi connectivity index (χ3n) is 7.22. The largest absolute Gasteiger partial charge is 0.507 e. The Hall–Kier alpha value is -3.01. The molecule has 9 nitrogen and oxygen atoms in total. The van der Waals surface area contributed by atoms with Crippen LogP contribution in [-0.4, -0.2) is 57.6 Å². The number of rotatable bonds is 2. The summed E-state index contributed by atoms with van der Waals surface area (Å²) in [5.74, 6) is -6.54. The summed E-state index contributed by atoms with van der Waals surface area (Å²) in [7, 11) is 1.09. The van der Waals surface area contributed by atoms with E-state index in [9.17, 15) is 29.7 Å². The van der Waals surface area contributed by atoms with Gasteiger partial charge in [0.2, 0.25) is 11.8 Å². The zero-order valence-electron chi connectivity index (χ0n) is 17.3. The molecule has 0 bridgehead atoms. The van der Waals surface area contributed by atoms with Crippen LogP contribution in [0, 0.1) is 23.7 Å². The highest BCUT2D eigenvalue weighted by Gasteiger charge is 2.67. The Morgan fingerprint density at radius 1 is 1.16 bits per heavy atom. The molecular weight excluding hydrogens is 418 g/mol. The van der Waals surface area contributed by atoms with Crippen LogP contribution in [0.5, 0.6) is 5.75 Å². The number of aromatic hydroxyl groups is 1. The maximum Gasteiger partial charge on any atom is 0.423 e. The highest BCUT2D eigenvalue weighted by molar-refractivity contribution is 6.15. The fourth-order valence-electron chi connectivity index (χ4n) is 5.74. The molecule has 168 valence electrons. The van der Waals surface area contributed by atoms with Gasteiger partial charge in [-0.25, -0.2) is 4.79 Å². The molecule has 0 radical (unpaired) electrons. The van der Waals surface area contributed by atoms with Crippen molar-refractivity contribution >= 4 is 28.7 Å². The van der Waals surface area contributed by atoms with Crippen LogP contribution < -0.4 is 0 Å². The van der Waals surface area contributed by atoms with Gasteiger partial charge in [0.05, 0.1) is 31.7 Å². The van der Waals surface area contributed by atoms with Gasteiger partial charge in [0.1, 0.15) is 5.75 Å². The molecule has 0 aromatic heterocycles. The smallest absolute Gasteiger partial charge is 0.423 e. The standard InChI is InChI=1S/C23H23NO8/c1-31-22(29)24-20(27)15-8-11(10-25)23(30)16(19(15)21(24)28)9-18(32-23)14-6-7-17(26)13-5-3-2-4-12(13)14/h2-7,11,15-16,18-19,25-26,30H,8-10H2,1H3/t11-,15+,16+,18+,19+,23-/m1/s1. The number of methoxy groups -OCH3 is 1. The number of carbonyl (C=O) groups is 3. The van der Waals surface area contributed by atoms with E-state index in [2.05, 4.69) is 4.74 Å². The topological polar surface area (TPSA) is 134 Å². The molecule has 32 heavy (non-hydrogen) atoms. The number of phenolic OH excluding ortho intramolecular Hbond substituents is 1. The molecule has 0 unspecified atom stereocenters. The van der Waals surface area contributed by atoms with Gasteiger partial charge in [-0.05, 0) is 29.9 Å². The average molecular weight is 441 g/mol. The van der Waals surface area contributed by atoms with Crippen molar-refractivity contribution in [3.8, 4) is 5.75 Å². The molecule has 3 N–H and O–H groups in total. The molecule has 3 amide bonds. The van der Waals surface area contributed by atoms with E-state index < -0.39 is 60.1 Å². The monoisotopic (exact) mass is 441 g/mol. The number of benzene rings is 2. The number of phenols is 1. The first-order valence-electron chi connectivity index (χ1n) is 10.5. The number of imide groups is 3. The summed E-state index contributed by atoms with van der Waals surface area (Å²) < 4.78 is 10.7. The van der Waals surface area contributed by atoms with E-state index in [0.717, 1.165) is 18.1 Å². The predicted octanol–water partition coefficient (Wildman–Crippen LogP) is 1.69. The van der Waals surface area contributed by atoms with E-state index in [0.29, 0.717) is 10.3 Å². The van der Waals surface area contributed by atoms with Gasteiger partial charge < -0.3 is 24.8 Å². The molecule has 5 rings (SSSR count). The van der Waals surface area contributed by atoms with E-state index in [-0.39, 0.29) is 18.6 Å². The van der Waals surface area contributed by atoms with E-state index in [1.165, 1.54) is 0 Å². The normalized spacial score (nSPS) is 34.0. The zero-order chi connectivity index (χ0) is 22.8. The second-order valence-corrected chi connectivity index (χ2v) is 8.65. The lowest BCUT2D eigenvalue weighted by atomic mass is 9.64. The molecule has 2 aromatic rings. The lowest BCUT2D eigenvalue weighted by Crippen LogP contribution is -2.54. The Kier molecular flexibility index (Phi) is 4.74. The number of carbonyl (C=O) groups excluding carboxylic acids is 3. The second kappa shape index (κ2) is 7.26. The lowest BCUT2D eigenvalue weighted by molar-refractivity contribution is -0.273. The average Bonchev–Trinajstić information content (AvgIpc) is 3.27. The van der Waals surface area contributed by atoms with Gasteiger partial charge in [-0.1, -0.05) is 30.3 Å². The van der Waals surface area contributed by atoms with E-state index >= 15 is 0 Å². The van der Waals surface area contributed by atoms with E-state index in [4.69, 9.17) is 4.74 Å². The van der Waals surface area contributed by atoms with Crippen LogP contribution in [0.2, 0.25) is 0 Å². The van der Waals surface area contributed by atoms with Crippen LogP contribution in [0.15, 0.2) is 36.4 Å². The highest BCUT2D eigenvalue weighted by Crippen LogP contribution is 2.58. The van der Waals surface area contributed by atoms with Gasteiger partial charge in [-0.2, -0.15) is 4.90 Å². The van der Waals surface area contributed by atoms with Crippen LogP contribution in [0.4, 0.5) is 4.79 Å². The second-order valence-electron chi connectivity index (χ2n) is 8.65. The number of hydrogen-bond acceptors (Lipinski definition) is 8. The minimum absolute atomic E-state index is 0.00921. The summed E-state index contributed by atoms with van der Waals surface area (Å²) in [6.45, 7) is -0.445. The Labute approximate surface area is 183 Å². The number of nitrogens with zero attached hydrogens (tertiary/aromatic N) is 1. The first kappa shape index (κ1) is 20.9. The zero-order valence-corrected chi connectivity index (χ0v) is 17.3. The Balaban J connectivity index is 1.57. The van der Waals surface area contributed by atoms with Crippen LogP contribution in [0.1, 0.15) is 24.5 Å². The van der Waals surface area contributed by atoms with E-state index in [1.807, 2.05) is 12.1 Å². The predicted molar refractivity (Wildman–Crippen MR) is 109 cm³/mol. The van der Waals surface area contributed by atoms with Crippen LogP contribution in [0.25, 0.3) is 10.8 Å². The number of amides is 3. The van der Waals surface area contributed by atoms with Gasteiger partial charge in [0, 0.05) is 17.2 Å². The maximum atomic E-state index is 13.1. The molecule has 2 aromatic carbocycles. The molecule has 3 aliphatic rings. The molecule has 2 aliphatic heterocycles. The third kappa shape index (κ3) is 2.71. The number of aliphatic hydroxyl groups is 2. The van der Waals surface area contributed by atoms with Crippen molar-refractivity contribution in [1.82, 2.24) is 4.90 Å². The van der Waals surface area contributed by atoms with Crippen molar-refractivity contribution < 1.29 is 39.2 Å². The Morgan fingerprint density at radius 2 is 1.88 bits per heavy atom. The summed E-state index contributed by atoms with van der Waals surface area (Å²) in [5, 5.41) is 33.1. The summed E-state index contributed by atoms with van der Waals surface area (Å²) in [6.07, 6.45) is -1.48. The van der Waals surface area contributed by atoms with Crippen molar-refractivity contribution in [2.24, 2.45) is 23.7 Å². The number of ether oxygens (including phenoxy) is 2. The molecule has 1 aliphatic carbocycles. The first-order valence-corrected chi connectivity index (χ1v) is 10.5. The summed E-state index contributed by atoms with van der Waals surface area (Å²) in [4.78, 5) is 38.5. The Morgan fingerprint density at radius 3 is 2.56 bits per heavy atom. The fourth-order valence-corrected chi connectivity index (χ4v) is 5.74. The molecule has 6 atom stereocenters. The molecule has 2 heterocycles. The van der Waals surface area contributed by atoms with Crippen molar-refractivity contribution in [3.05, 3.63) is 42.0 Å². The number of likely N-dealkylation sites (tertiary alicyclic amines) is 1. The van der Waals surface area contributed by atoms with Crippen LogP contribution in [0.3, 0.4) is 0 Å². The molecular formula is C23H23NO8. The lowest BCUT2D eigenvalue weighted by Gasteiger charge is -2.44. The van der Waals surface area contributed by atoms with Crippen LogP contribution in [-0.2, 0) is 19.1 Å². The number of fused-ring (bicyclic) bond motifs is 4. The van der Waals surface area contributed by atoms with Gasteiger partial charge in [-0.3, -0.25) is 9.59 Å². The minimum atomic E-state index is -1.85. The van der Waals surface area contributed by atoms with Crippen molar-refractivity contribution in [3.63, 3.8) is 0 Å². The van der Waals surface area contributed by atoms with Gasteiger partial charge in [0.25, 0.3) is 0 Å². The van der Waals surface area contributed by atoms with Gasteiger partial charge in [0.15, 0.2) is 5.79 Å². The minimum Gasteiger partial charge on any atom is -0.507 e. The number of hydrogen-bond donors (Lipinski definition) is 3. The summed E-state index contributed by atoms with van der Waals surface area (Å²) >= 11 is 0. The molecule has 3 fully saturated rings. The van der Waals surface area contributed by atoms with E-state index in [1.54, 1.807) is 24.3 Å². The van der Waals surface area contributed by atoms with Crippen molar-refractivity contribution in [2.75, 3.05) is 13.7 Å². The SMILES string of the molecule is COC(=O)N1C(=O)[C@H]2[C@H](C[C@H](CO)[C@@]3(O)O[C@H](c4ccc(O)c5ccccc45)C[C@@H]23)C1=O. The highest BCUT2D eigenvalue weighted by atomic mass is 16.6. The first-order chi connectivity index (χ1) is 15.3. The molecule has 9 heteroatoms. The Bertz CT molecular complexity index is 1130. The maximum absolute atomic E-state index is 13.1.